The van der Waals surface area contributed by atoms with Gasteiger partial charge in [-0.2, -0.15) is 0 Å². The van der Waals surface area contributed by atoms with E-state index in [0.29, 0.717) is 6.16 Å². The number of hydrogen-bond acceptors (Lipinski definition) is 5. The number of hydrogen-bond donors (Lipinski definition) is 0. The Bertz CT molecular complexity index is 1060. The van der Waals surface area contributed by atoms with Crippen LogP contribution >= 0.6 is 8.38 Å². The van der Waals surface area contributed by atoms with E-state index in [2.05, 4.69) is 26.8 Å². The molecule has 1 heterocycles. The standard InChI is InChI=1S/C26H29O5P/c1-26(2,3)23-15-20(29-6)10-12-25(23)31-32-16-17-7-8-18(27-4)13-21(17)22-14-19(28-5)9-11-24(22)30-32/h7-15H,16H2,1-6H3. The highest BCUT2D eigenvalue weighted by Gasteiger charge is 2.28. The van der Waals surface area contributed by atoms with Gasteiger partial charge in [0.2, 0.25) is 0 Å². The van der Waals surface area contributed by atoms with Crippen molar-refractivity contribution in [1.82, 2.24) is 0 Å². The molecule has 168 valence electrons. The molecule has 3 aromatic rings. The second kappa shape index (κ2) is 8.91. The molecule has 0 N–H and O–H groups in total. The molecule has 0 saturated carbocycles. The Morgan fingerprint density at radius 1 is 0.750 bits per heavy atom. The van der Waals surface area contributed by atoms with Crippen molar-refractivity contribution in [3.8, 4) is 39.9 Å². The summed E-state index contributed by atoms with van der Waals surface area (Å²) in [6.45, 7) is 6.50. The average Bonchev–Trinajstić information content (AvgIpc) is 2.93. The van der Waals surface area contributed by atoms with Crippen molar-refractivity contribution >= 4 is 8.38 Å². The van der Waals surface area contributed by atoms with Crippen LogP contribution in [0.4, 0.5) is 0 Å². The highest BCUT2D eigenvalue weighted by atomic mass is 31.2. The molecule has 0 aromatic heterocycles. The Kier molecular flexibility index (Phi) is 6.21. The predicted molar refractivity (Wildman–Crippen MR) is 129 cm³/mol. The lowest BCUT2D eigenvalue weighted by Gasteiger charge is -2.25. The smallest absolute Gasteiger partial charge is 0.295 e. The van der Waals surface area contributed by atoms with Gasteiger partial charge in [0.1, 0.15) is 28.7 Å². The maximum Gasteiger partial charge on any atom is 0.295 e. The highest BCUT2D eigenvalue weighted by Crippen LogP contribution is 2.53. The average molecular weight is 452 g/mol. The molecule has 0 fully saturated rings. The molecule has 5 nitrogen and oxygen atoms in total. The van der Waals surface area contributed by atoms with Gasteiger partial charge < -0.3 is 23.3 Å². The zero-order valence-electron chi connectivity index (χ0n) is 19.4. The first kappa shape index (κ1) is 22.3. The molecule has 1 aliphatic rings. The van der Waals surface area contributed by atoms with E-state index in [-0.39, 0.29) is 5.41 Å². The van der Waals surface area contributed by atoms with E-state index in [0.717, 1.165) is 51.0 Å². The van der Waals surface area contributed by atoms with Crippen molar-refractivity contribution in [2.45, 2.75) is 32.3 Å². The summed E-state index contributed by atoms with van der Waals surface area (Å²) in [6, 6.07) is 17.9. The molecule has 1 unspecified atom stereocenters. The summed E-state index contributed by atoms with van der Waals surface area (Å²) in [5.74, 6) is 3.98. The van der Waals surface area contributed by atoms with E-state index in [1.807, 2.05) is 48.5 Å². The van der Waals surface area contributed by atoms with E-state index >= 15 is 0 Å². The molecule has 0 amide bonds. The van der Waals surface area contributed by atoms with Crippen LogP contribution in [0.15, 0.2) is 54.6 Å². The maximum atomic E-state index is 6.54. The normalized spacial score (nSPS) is 15.0. The summed E-state index contributed by atoms with van der Waals surface area (Å²) in [5, 5.41) is 0. The van der Waals surface area contributed by atoms with E-state index in [4.69, 9.17) is 23.3 Å². The monoisotopic (exact) mass is 452 g/mol. The van der Waals surface area contributed by atoms with Gasteiger partial charge in [-0.3, -0.25) is 0 Å². The third kappa shape index (κ3) is 4.49. The molecule has 0 spiro atoms. The quantitative estimate of drug-likeness (QED) is 0.392. The fourth-order valence-corrected chi connectivity index (χ4v) is 5.22. The Balaban J connectivity index is 1.76. The second-order valence-electron chi connectivity index (χ2n) is 8.67. The topological polar surface area (TPSA) is 46.2 Å². The van der Waals surface area contributed by atoms with Crippen LogP contribution < -0.4 is 23.3 Å². The largest absolute Gasteiger partial charge is 0.497 e. The second-order valence-corrected chi connectivity index (χ2v) is 10.0. The van der Waals surface area contributed by atoms with Gasteiger partial charge in [0.05, 0.1) is 27.5 Å². The first-order chi connectivity index (χ1) is 15.3. The number of fused-ring (bicyclic) bond motifs is 3. The van der Waals surface area contributed by atoms with Crippen LogP contribution in [-0.4, -0.2) is 21.3 Å². The van der Waals surface area contributed by atoms with Crippen molar-refractivity contribution in [2.24, 2.45) is 0 Å². The number of rotatable bonds is 5. The third-order valence-corrected chi connectivity index (χ3v) is 6.89. The van der Waals surface area contributed by atoms with Crippen LogP contribution in [0.1, 0.15) is 31.9 Å². The molecular weight excluding hydrogens is 423 g/mol. The molecule has 0 saturated heterocycles. The molecule has 0 bridgehead atoms. The van der Waals surface area contributed by atoms with E-state index in [9.17, 15) is 0 Å². The lowest BCUT2D eigenvalue weighted by Crippen LogP contribution is -2.13. The molecular formula is C26H29O5P. The fourth-order valence-electron chi connectivity index (χ4n) is 3.74. The SMILES string of the molecule is COc1ccc2c(c1)-c1cc(OC)ccc1OP(Oc1ccc(OC)cc1C(C)(C)C)C2. The molecule has 4 rings (SSSR count). The first-order valence-electron chi connectivity index (χ1n) is 10.5. The summed E-state index contributed by atoms with van der Waals surface area (Å²) in [4.78, 5) is 0. The third-order valence-electron chi connectivity index (χ3n) is 5.49. The zero-order chi connectivity index (χ0) is 22.9. The zero-order valence-corrected chi connectivity index (χ0v) is 20.3. The molecule has 3 aromatic carbocycles. The van der Waals surface area contributed by atoms with Crippen molar-refractivity contribution in [3.05, 3.63) is 65.7 Å². The van der Waals surface area contributed by atoms with Gasteiger partial charge in [-0.25, -0.2) is 0 Å². The van der Waals surface area contributed by atoms with Crippen LogP contribution in [0.2, 0.25) is 0 Å². The van der Waals surface area contributed by atoms with Crippen LogP contribution in [0.25, 0.3) is 11.1 Å². The Labute approximate surface area is 191 Å². The Hall–Kier alpha value is -2.91. The van der Waals surface area contributed by atoms with Crippen LogP contribution in [-0.2, 0) is 11.6 Å². The molecule has 1 aliphatic heterocycles. The summed E-state index contributed by atoms with van der Waals surface area (Å²) in [7, 11) is 3.74. The Morgan fingerprint density at radius 2 is 1.34 bits per heavy atom. The van der Waals surface area contributed by atoms with E-state index in [1.165, 1.54) is 0 Å². The van der Waals surface area contributed by atoms with Crippen molar-refractivity contribution in [1.29, 1.82) is 0 Å². The maximum absolute atomic E-state index is 6.54. The van der Waals surface area contributed by atoms with Gasteiger partial charge in [0.25, 0.3) is 8.38 Å². The number of ether oxygens (including phenoxy) is 3. The van der Waals surface area contributed by atoms with E-state index in [1.54, 1.807) is 21.3 Å². The van der Waals surface area contributed by atoms with Gasteiger partial charge in [-0.1, -0.05) is 26.8 Å². The number of methoxy groups -OCH3 is 3. The molecule has 1 atom stereocenters. The van der Waals surface area contributed by atoms with Gasteiger partial charge in [-0.15, -0.1) is 0 Å². The predicted octanol–water partition coefficient (Wildman–Crippen LogP) is 6.96. The summed E-state index contributed by atoms with van der Waals surface area (Å²) < 4.78 is 29.4. The molecule has 0 aliphatic carbocycles. The van der Waals surface area contributed by atoms with E-state index < -0.39 is 8.38 Å². The van der Waals surface area contributed by atoms with Gasteiger partial charge in [0.15, 0.2) is 0 Å². The van der Waals surface area contributed by atoms with Crippen molar-refractivity contribution < 1.29 is 23.3 Å². The lowest BCUT2D eigenvalue weighted by atomic mass is 9.86. The molecule has 32 heavy (non-hydrogen) atoms. The summed E-state index contributed by atoms with van der Waals surface area (Å²) >= 11 is 0. The van der Waals surface area contributed by atoms with Crippen molar-refractivity contribution in [2.75, 3.05) is 21.3 Å². The molecule has 0 radical (unpaired) electrons. The fraction of sp³-hybridized carbons (Fsp3) is 0.308. The first-order valence-corrected chi connectivity index (χ1v) is 11.9. The van der Waals surface area contributed by atoms with Crippen LogP contribution in [0.3, 0.4) is 0 Å². The van der Waals surface area contributed by atoms with Gasteiger partial charge >= 0.3 is 0 Å². The Morgan fingerprint density at radius 3 is 2.00 bits per heavy atom. The van der Waals surface area contributed by atoms with Crippen LogP contribution in [0.5, 0.6) is 28.7 Å². The van der Waals surface area contributed by atoms with Crippen LogP contribution in [0, 0.1) is 0 Å². The minimum Gasteiger partial charge on any atom is -0.497 e. The molecule has 6 heteroatoms. The number of benzene rings is 3. The van der Waals surface area contributed by atoms with Gasteiger partial charge in [-0.05, 0) is 65.1 Å². The minimum atomic E-state index is -1.28. The summed E-state index contributed by atoms with van der Waals surface area (Å²) in [6.07, 6.45) is 0.654. The minimum absolute atomic E-state index is 0.110. The van der Waals surface area contributed by atoms with Gasteiger partial charge in [0, 0.05) is 11.1 Å². The van der Waals surface area contributed by atoms with Crippen molar-refractivity contribution in [3.63, 3.8) is 0 Å². The lowest BCUT2D eigenvalue weighted by molar-refractivity contribution is 0.409. The summed E-state index contributed by atoms with van der Waals surface area (Å²) in [5.41, 5.74) is 4.16. The highest BCUT2D eigenvalue weighted by molar-refractivity contribution is 7.47.